The standard InChI is InChI=1S/C27H25ClN2O5S/c1-5-9-17-12-16(13-20(34-4)24(17)31)14-21-25(32)30-23(18-10-7-8-11-19(18)28)22(26(33)35-6-2)15(3)29-27(30)36-21/h5,7-8,10-14,23,31H,1,6,9H2,2-4H3/b21-14+/t23-/m1/s1. The van der Waals surface area contributed by atoms with Gasteiger partial charge in [0.25, 0.3) is 5.56 Å². The first-order valence-electron chi connectivity index (χ1n) is 11.3. The van der Waals surface area contributed by atoms with Gasteiger partial charge in [0.2, 0.25) is 0 Å². The maximum Gasteiger partial charge on any atom is 0.338 e. The Labute approximate surface area is 216 Å². The average molecular weight is 525 g/mol. The van der Waals surface area contributed by atoms with Crippen LogP contribution in [0.5, 0.6) is 11.5 Å². The Morgan fingerprint density at radius 2 is 2.08 bits per heavy atom. The lowest BCUT2D eigenvalue weighted by Crippen LogP contribution is -2.40. The normalized spacial score (nSPS) is 15.3. The number of phenolic OH excluding ortho intramolecular Hbond substituents is 1. The van der Waals surface area contributed by atoms with Crippen LogP contribution in [0.2, 0.25) is 5.02 Å². The van der Waals surface area contributed by atoms with Crippen molar-refractivity contribution in [3.63, 3.8) is 0 Å². The molecule has 36 heavy (non-hydrogen) atoms. The molecule has 4 rings (SSSR count). The van der Waals surface area contributed by atoms with Crippen molar-refractivity contribution in [1.82, 2.24) is 4.57 Å². The third-order valence-corrected chi connectivity index (χ3v) is 7.10. The molecule has 0 unspecified atom stereocenters. The van der Waals surface area contributed by atoms with Crippen LogP contribution >= 0.6 is 22.9 Å². The Balaban J connectivity index is 1.97. The first kappa shape index (κ1) is 25.5. The molecule has 0 amide bonds. The van der Waals surface area contributed by atoms with E-state index in [1.165, 1.54) is 23.0 Å². The summed E-state index contributed by atoms with van der Waals surface area (Å²) in [6.07, 6.45) is 3.82. The zero-order valence-corrected chi connectivity index (χ0v) is 21.7. The van der Waals surface area contributed by atoms with Crippen LogP contribution in [-0.4, -0.2) is 29.4 Å². The number of halogens is 1. The SMILES string of the molecule is C=CCc1cc(/C=c2/sc3n(c2=O)[C@H](c2ccccc2Cl)C(C(=O)OCC)=C(C)N=3)cc(OC)c1O. The second-order valence-corrected chi connectivity index (χ2v) is 9.46. The number of esters is 1. The summed E-state index contributed by atoms with van der Waals surface area (Å²) in [4.78, 5) is 31.7. The van der Waals surface area contributed by atoms with Crippen LogP contribution in [0.1, 0.15) is 36.6 Å². The summed E-state index contributed by atoms with van der Waals surface area (Å²) in [5.41, 5.74) is 2.30. The number of hydrogen-bond donors (Lipinski definition) is 1. The number of aromatic hydroxyl groups is 1. The number of ether oxygens (including phenoxy) is 2. The third-order valence-electron chi connectivity index (χ3n) is 5.77. The van der Waals surface area contributed by atoms with Gasteiger partial charge in [-0.2, -0.15) is 0 Å². The second-order valence-electron chi connectivity index (χ2n) is 8.05. The Morgan fingerprint density at radius 1 is 1.33 bits per heavy atom. The number of phenols is 1. The molecule has 1 aliphatic rings. The van der Waals surface area contributed by atoms with Crippen molar-refractivity contribution in [3.05, 3.63) is 102 Å². The number of hydrogen-bond acceptors (Lipinski definition) is 7. The van der Waals surface area contributed by atoms with Gasteiger partial charge in [-0.25, -0.2) is 9.79 Å². The fourth-order valence-corrected chi connectivity index (χ4v) is 5.46. The fourth-order valence-electron chi connectivity index (χ4n) is 4.17. The van der Waals surface area contributed by atoms with E-state index in [0.29, 0.717) is 48.9 Å². The highest BCUT2D eigenvalue weighted by Crippen LogP contribution is 2.35. The zero-order chi connectivity index (χ0) is 26.0. The number of carbonyl (C=O) groups excluding carboxylic acids is 1. The molecule has 0 bridgehead atoms. The van der Waals surface area contributed by atoms with Crippen molar-refractivity contribution >= 4 is 35.0 Å². The number of aromatic nitrogens is 1. The summed E-state index contributed by atoms with van der Waals surface area (Å²) in [7, 11) is 1.47. The predicted molar refractivity (Wildman–Crippen MR) is 140 cm³/mol. The van der Waals surface area contributed by atoms with E-state index < -0.39 is 12.0 Å². The quantitative estimate of drug-likeness (QED) is 0.374. The summed E-state index contributed by atoms with van der Waals surface area (Å²) in [6.45, 7) is 7.36. The molecule has 0 spiro atoms. The fraction of sp³-hybridized carbons (Fsp3) is 0.222. The molecule has 1 aromatic heterocycles. The van der Waals surface area contributed by atoms with Gasteiger partial charge in [0.15, 0.2) is 16.3 Å². The minimum atomic E-state index is -0.790. The Bertz CT molecular complexity index is 1570. The highest BCUT2D eigenvalue weighted by molar-refractivity contribution is 7.07. The van der Waals surface area contributed by atoms with Gasteiger partial charge in [-0.3, -0.25) is 9.36 Å². The smallest absolute Gasteiger partial charge is 0.338 e. The molecule has 186 valence electrons. The molecule has 0 saturated carbocycles. The molecule has 1 atom stereocenters. The maximum absolute atomic E-state index is 13.7. The van der Waals surface area contributed by atoms with Crippen LogP contribution in [-0.2, 0) is 16.0 Å². The lowest BCUT2D eigenvalue weighted by atomic mass is 9.96. The number of benzene rings is 2. The van der Waals surface area contributed by atoms with Gasteiger partial charge in [0.05, 0.1) is 29.5 Å². The Hall–Kier alpha value is -3.62. The van der Waals surface area contributed by atoms with Crippen LogP contribution in [0.25, 0.3) is 6.08 Å². The van der Waals surface area contributed by atoms with Gasteiger partial charge in [0.1, 0.15) is 6.04 Å². The van der Waals surface area contributed by atoms with Crippen molar-refractivity contribution < 1.29 is 19.4 Å². The molecule has 1 N–H and O–H groups in total. The molecule has 0 aliphatic carbocycles. The number of nitrogens with zero attached hydrogens (tertiary/aromatic N) is 2. The topological polar surface area (TPSA) is 90.1 Å². The van der Waals surface area contributed by atoms with Gasteiger partial charge >= 0.3 is 5.97 Å². The van der Waals surface area contributed by atoms with E-state index in [2.05, 4.69) is 11.6 Å². The highest BCUT2D eigenvalue weighted by atomic mass is 35.5. The number of fused-ring (bicyclic) bond motifs is 1. The Kier molecular flexibility index (Phi) is 7.47. The largest absolute Gasteiger partial charge is 0.504 e. The minimum absolute atomic E-state index is 0.0319. The van der Waals surface area contributed by atoms with Gasteiger partial charge in [-0.15, -0.1) is 6.58 Å². The molecule has 9 heteroatoms. The van der Waals surface area contributed by atoms with Crippen molar-refractivity contribution in [3.8, 4) is 11.5 Å². The summed E-state index contributed by atoms with van der Waals surface area (Å²) < 4.78 is 12.5. The van der Waals surface area contributed by atoms with Gasteiger partial charge in [0, 0.05) is 10.6 Å². The summed E-state index contributed by atoms with van der Waals surface area (Å²) in [5, 5.41) is 10.8. The third kappa shape index (κ3) is 4.62. The van der Waals surface area contributed by atoms with Crippen LogP contribution in [0.3, 0.4) is 0 Å². The van der Waals surface area contributed by atoms with E-state index in [4.69, 9.17) is 21.1 Å². The van der Waals surface area contributed by atoms with Crippen molar-refractivity contribution in [2.75, 3.05) is 13.7 Å². The van der Waals surface area contributed by atoms with Crippen LogP contribution in [0, 0.1) is 0 Å². The summed E-state index contributed by atoms with van der Waals surface area (Å²) in [5.74, 6) is -0.220. The van der Waals surface area contributed by atoms with Crippen LogP contribution in [0.4, 0.5) is 0 Å². The van der Waals surface area contributed by atoms with E-state index in [0.717, 1.165) is 0 Å². The van der Waals surface area contributed by atoms with E-state index in [9.17, 15) is 14.7 Å². The first-order chi connectivity index (χ1) is 17.3. The molecule has 7 nitrogen and oxygen atoms in total. The average Bonchev–Trinajstić information content (AvgIpc) is 3.15. The molecule has 2 aromatic carbocycles. The summed E-state index contributed by atoms with van der Waals surface area (Å²) in [6, 6.07) is 9.73. The first-order valence-corrected chi connectivity index (χ1v) is 12.4. The molecule has 2 heterocycles. The number of rotatable bonds is 7. The molecular weight excluding hydrogens is 500 g/mol. The minimum Gasteiger partial charge on any atom is -0.504 e. The monoisotopic (exact) mass is 524 g/mol. The molecule has 3 aromatic rings. The van der Waals surface area contributed by atoms with E-state index in [-0.39, 0.29) is 23.5 Å². The second kappa shape index (κ2) is 10.6. The van der Waals surface area contributed by atoms with E-state index >= 15 is 0 Å². The molecule has 0 saturated heterocycles. The van der Waals surface area contributed by atoms with Crippen molar-refractivity contribution in [2.24, 2.45) is 4.99 Å². The van der Waals surface area contributed by atoms with Gasteiger partial charge < -0.3 is 14.6 Å². The van der Waals surface area contributed by atoms with Crippen molar-refractivity contribution in [1.29, 1.82) is 0 Å². The lowest BCUT2D eigenvalue weighted by molar-refractivity contribution is -0.139. The molecular formula is C27H25ClN2O5S. The van der Waals surface area contributed by atoms with Crippen molar-refractivity contribution in [2.45, 2.75) is 26.3 Å². The maximum atomic E-state index is 13.7. The Morgan fingerprint density at radius 3 is 2.75 bits per heavy atom. The molecule has 1 aliphatic heterocycles. The van der Waals surface area contributed by atoms with Gasteiger partial charge in [-0.05, 0) is 55.7 Å². The molecule has 0 fully saturated rings. The lowest BCUT2D eigenvalue weighted by Gasteiger charge is -2.25. The summed E-state index contributed by atoms with van der Waals surface area (Å²) >= 11 is 7.74. The van der Waals surface area contributed by atoms with Crippen LogP contribution in [0.15, 0.2) is 70.1 Å². The van der Waals surface area contributed by atoms with Gasteiger partial charge in [-0.1, -0.05) is 47.2 Å². The number of methoxy groups -OCH3 is 1. The number of allylic oxidation sites excluding steroid dienone is 2. The zero-order valence-electron chi connectivity index (χ0n) is 20.1. The molecule has 0 radical (unpaired) electrons. The van der Waals surface area contributed by atoms with E-state index in [1.54, 1.807) is 62.4 Å². The highest BCUT2D eigenvalue weighted by Gasteiger charge is 2.34. The predicted octanol–water partition coefficient (Wildman–Crippen LogP) is 3.89. The number of thiazole rings is 1. The van der Waals surface area contributed by atoms with E-state index in [1.807, 2.05) is 0 Å². The van der Waals surface area contributed by atoms with Crippen LogP contribution < -0.4 is 19.6 Å². The number of carbonyl (C=O) groups is 1.